The van der Waals surface area contributed by atoms with Crippen molar-refractivity contribution in [1.29, 1.82) is 0 Å². The van der Waals surface area contributed by atoms with Gasteiger partial charge in [-0.05, 0) is 55.4 Å². The van der Waals surface area contributed by atoms with Crippen LogP contribution in [0.25, 0.3) is 11.2 Å². The molecule has 1 unspecified atom stereocenters. The Morgan fingerprint density at radius 3 is 2.73 bits per heavy atom. The predicted molar refractivity (Wildman–Crippen MR) is 146 cm³/mol. The lowest BCUT2D eigenvalue weighted by Gasteiger charge is -2.34. The van der Waals surface area contributed by atoms with Gasteiger partial charge in [-0.2, -0.15) is 0 Å². The van der Waals surface area contributed by atoms with Crippen LogP contribution < -0.4 is 11.0 Å². The molecule has 3 N–H and O–H groups in total. The zero-order chi connectivity index (χ0) is 28.9. The summed E-state index contributed by atoms with van der Waals surface area (Å²) in [5.41, 5.74) is 1.31. The average molecular weight is 575 g/mol. The second-order valence-electron chi connectivity index (χ2n) is 10.6. The Hall–Kier alpha value is -3.39. The van der Waals surface area contributed by atoms with E-state index in [1.54, 1.807) is 32.7 Å². The first-order valence-electron chi connectivity index (χ1n) is 13.9. The predicted octanol–water partition coefficient (Wildman–Crippen LogP) is 2.54. The van der Waals surface area contributed by atoms with E-state index in [-0.39, 0.29) is 55.7 Å². The van der Waals surface area contributed by atoms with E-state index in [2.05, 4.69) is 15.3 Å². The average Bonchev–Trinajstić information content (AvgIpc) is 3.16. The van der Waals surface area contributed by atoms with Gasteiger partial charge in [-0.25, -0.2) is 23.4 Å². The maximum atomic E-state index is 14.7. The van der Waals surface area contributed by atoms with Crippen LogP contribution in [0.1, 0.15) is 43.2 Å². The van der Waals surface area contributed by atoms with E-state index in [1.807, 2.05) is 6.07 Å². The van der Waals surface area contributed by atoms with Crippen LogP contribution in [0.3, 0.4) is 0 Å². The number of aliphatic hydroxyl groups is 1. The molecule has 3 aromatic rings. The van der Waals surface area contributed by atoms with E-state index in [9.17, 15) is 23.5 Å². The molecule has 0 aliphatic carbocycles. The van der Waals surface area contributed by atoms with Crippen molar-refractivity contribution in [3.63, 3.8) is 0 Å². The van der Waals surface area contributed by atoms with E-state index in [0.29, 0.717) is 44.4 Å². The third-order valence-corrected chi connectivity index (χ3v) is 8.00. The monoisotopic (exact) mass is 574 g/mol. The summed E-state index contributed by atoms with van der Waals surface area (Å²) in [5, 5.41) is 13.8. The van der Waals surface area contributed by atoms with Crippen LogP contribution in [-0.2, 0) is 9.47 Å². The number of amides is 2. The first-order valence-corrected chi connectivity index (χ1v) is 13.9. The Morgan fingerprint density at radius 2 is 1.95 bits per heavy atom. The number of pyridine rings is 1. The van der Waals surface area contributed by atoms with Crippen LogP contribution >= 0.6 is 0 Å². The lowest BCUT2D eigenvalue weighted by Crippen LogP contribution is -2.52. The Balaban J connectivity index is 1.24. The van der Waals surface area contributed by atoms with Crippen LogP contribution in [0.5, 0.6) is 0 Å². The number of ether oxygens (including phenoxy) is 2. The molecule has 0 saturated carbocycles. The van der Waals surface area contributed by atoms with Crippen molar-refractivity contribution in [1.82, 2.24) is 29.7 Å². The van der Waals surface area contributed by atoms with Crippen molar-refractivity contribution in [2.24, 2.45) is 0 Å². The number of H-pyrrole nitrogens is 1. The number of likely N-dealkylation sites (tertiary alicyclic amines) is 2. The molecule has 2 aromatic heterocycles. The number of carbonyl (C=O) groups is 1. The quantitative estimate of drug-likeness (QED) is 0.279. The fourth-order valence-electron chi connectivity index (χ4n) is 5.87. The highest BCUT2D eigenvalue weighted by Crippen LogP contribution is 2.31. The molecule has 2 aliphatic heterocycles. The number of nitrogens with zero attached hydrogens (tertiary/aromatic N) is 4. The lowest BCUT2D eigenvalue weighted by atomic mass is 9.93. The molecule has 2 amide bonds. The number of urea groups is 1. The molecule has 2 aliphatic rings. The van der Waals surface area contributed by atoms with Crippen LogP contribution in [-0.4, -0.2) is 94.4 Å². The lowest BCUT2D eigenvalue weighted by molar-refractivity contribution is -0.199. The molecule has 0 spiro atoms. The molecular weight excluding hydrogens is 538 g/mol. The van der Waals surface area contributed by atoms with Crippen LogP contribution in [0.4, 0.5) is 13.6 Å². The largest absolute Gasteiger partial charge is 0.382 e. The minimum Gasteiger partial charge on any atom is -0.382 e. The summed E-state index contributed by atoms with van der Waals surface area (Å²) < 4.78 is 40.9. The number of aromatic amines is 1. The number of hydrogen-bond donors (Lipinski definition) is 3. The number of benzene rings is 1. The van der Waals surface area contributed by atoms with Crippen LogP contribution in [0.15, 0.2) is 41.3 Å². The molecular formula is C28H36F2N6O5. The third-order valence-electron chi connectivity index (χ3n) is 8.00. The highest BCUT2D eigenvalue weighted by atomic mass is 19.2. The standard InChI is InChI=1S/C28H36F2N6O5/c1-40-14-15-41-28(39)35-16-18(21-4-2-5-22(29)24(21)30)7-8-19(17-35)32-26(37)34-12-9-20(10-13-34)36-23-6-3-11-31-25(23)33-27(36)38/h2-6,11,18-20,28,39H,7-10,12-17H2,1H3,(H,32,37)(H,31,33,38)/t18-,19-,28?/m1/s1. The van der Waals surface area contributed by atoms with Crippen molar-refractivity contribution in [2.45, 2.75) is 50.1 Å². The van der Waals surface area contributed by atoms with Crippen molar-refractivity contribution >= 4 is 17.2 Å². The molecule has 13 heteroatoms. The van der Waals surface area contributed by atoms with Gasteiger partial charge in [0.05, 0.1) is 18.7 Å². The number of methoxy groups -OCH3 is 1. The van der Waals surface area contributed by atoms with E-state index in [4.69, 9.17) is 9.47 Å². The Bertz CT molecular complexity index is 1390. The van der Waals surface area contributed by atoms with Gasteiger partial charge in [0.15, 0.2) is 17.3 Å². The van der Waals surface area contributed by atoms with Gasteiger partial charge in [0.25, 0.3) is 0 Å². The molecule has 5 rings (SSSR count). The summed E-state index contributed by atoms with van der Waals surface area (Å²) >= 11 is 0. The Morgan fingerprint density at radius 1 is 1.15 bits per heavy atom. The SMILES string of the molecule is COCCOC(O)N1C[C@H](NC(=O)N2CCC(n3c(=O)[nH]c4ncccc43)CC2)CC[C@@H](c2cccc(F)c2F)C1. The molecule has 0 bridgehead atoms. The van der Waals surface area contributed by atoms with Gasteiger partial charge in [0.2, 0.25) is 6.41 Å². The third kappa shape index (κ3) is 6.58. The first kappa shape index (κ1) is 29.1. The van der Waals surface area contributed by atoms with Gasteiger partial charge in [-0.3, -0.25) is 14.5 Å². The Kier molecular flexibility index (Phi) is 9.28. The van der Waals surface area contributed by atoms with Gasteiger partial charge in [0.1, 0.15) is 0 Å². The number of piperidine rings is 1. The van der Waals surface area contributed by atoms with E-state index >= 15 is 0 Å². The number of halogens is 2. The second-order valence-corrected chi connectivity index (χ2v) is 10.6. The van der Waals surface area contributed by atoms with E-state index in [0.717, 1.165) is 11.6 Å². The zero-order valence-corrected chi connectivity index (χ0v) is 23.0. The fraction of sp³-hybridized carbons (Fsp3) is 0.536. The van der Waals surface area contributed by atoms with Crippen molar-refractivity contribution in [3.8, 4) is 0 Å². The van der Waals surface area contributed by atoms with Crippen molar-refractivity contribution in [3.05, 3.63) is 64.2 Å². The summed E-state index contributed by atoms with van der Waals surface area (Å²) in [6.45, 7) is 1.85. The van der Waals surface area contributed by atoms with Crippen molar-refractivity contribution in [2.75, 3.05) is 46.5 Å². The van der Waals surface area contributed by atoms with Gasteiger partial charge < -0.3 is 24.8 Å². The molecule has 222 valence electrons. The number of nitrogens with one attached hydrogen (secondary N) is 2. The number of hydrogen-bond acceptors (Lipinski definition) is 7. The molecule has 41 heavy (non-hydrogen) atoms. The number of aromatic nitrogens is 3. The zero-order valence-electron chi connectivity index (χ0n) is 23.0. The molecule has 2 fully saturated rings. The molecule has 0 radical (unpaired) electrons. The maximum Gasteiger partial charge on any atom is 0.327 e. The van der Waals surface area contributed by atoms with E-state index < -0.39 is 24.0 Å². The van der Waals surface area contributed by atoms with Crippen LogP contribution in [0.2, 0.25) is 0 Å². The van der Waals surface area contributed by atoms with Gasteiger partial charge >= 0.3 is 11.7 Å². The van der Waals surface area contributed by atoms with Gasteiger partial charge in [-0.15, -0.1) is 0 Å². The molecule has 3 atom stereocenters. The highest BCUT2D eigenvalue weighted by molar-refractivity contribution is 5.74. The molecule has 1 aromatic carbocycles. The number of imidazole rings is 1. The van der Waals surface area contributed by atoms with Crippen molar-refractivity contribution < 1.29 is 28.2 Å². The Labute approximate surface area is 236 Å². The number of rotatable bonds is 8. The second kappa shape index (κ2) is 13.1. The highest BCUT2D eigenvalue weighted by Gasteiger charge is 2.33. The van der Waals surface area contributed by atoms with Gasteiger partial charge in [-0.1, -0.05) is 12.1 Å². The fourth-order valence-corrected chi connectivity index (χ4v) is 5.87. The summed E-state index contributed by atoms with van der Waals surface area (Å²) in [4.78, 5) is 36.2. The maximum absolute atomic E-state index is 14.7. The molecule has 11 nitrogen and oxygen atoms in total. The minimum absolute atomic E-state index is 0.0563. The summed E-state index contributed by atoms with van der Waals surface area (Å²) in [5.74, 6) is -2.23. The van der Waals surface area contributed by atoms with Crippen LogP contribution in [0, 0.1) is 11.6 Å². The molecule has 4 heterocycles. The number of carbonyl (C=O) groups excluding carboxylic acids is 1. The summed E-state index contributed by atoms with van der Waals surface area (Å²) in [6.07, 6.45) is 2.53. The number of fused-ring (bicyclic) bond motifs is 1. The van der Waals surface area contributed by atoms with Gasteiger partial charge in [0, 0.05) is 51.6 Å². The topological polar surface area (TPSA) is 125 Å². The number of aliphatic hydroxyl groups excluding tert-OH is 1. The molecule has 2 saturated heterocycles. The summed E-state index contributed by atoms with van der Waals surface area (Å²) in [6, 6.07) is 7.09. The minimum atomic E-state index is -1.30. The first-order chi connectivity index (χ1) is 19.9. The summed E-state index contributed by atoms with van der Waals surface area (Å²) in [7, 11) is 1.52. The normalized spacial score (nSPS) is 21.6. The smallest absolute Gasteiger partial charge is 0.327 e. The van der Waals surface area contributed by atoms with E-state index in [1.165, 1.54) is 13.2 Å².